The lowest BCUT2D eigenvalue weighted by atomic mass is 9.98. The summed E-state index contributed by atoms with van der Waals surface area (Å²) in [6.07, 6.45) is 5.44. The normalized spacial score (nSPS) is 16.3. The maximum atomic E-state index is 12.0. The molecule has 1 aromatic rings. The molecule has 2 N–H and O–H groups in total. The summed E-state index contributed by atoms with van der Waals surface area (Å²) in [5.41, 5.74) is 6.61. The fourth-order valence-electron chi connectivity index (χ4n) is 2.30. The number of nitrogens with two attached hydrogens (primary N) is 1. The van der Waals surface area contributed by atoms with Crippen LogP contribution in [0.1, 0.15) is 42.5 Å². The number of hydrogen-bond donors (Lipinski definition) is 1. The van der Waals surface area contributed by atoms with Gasteiger partial charge in [-0.2, -0.15) is 0 Å². The van der Waals surface area contributed by atoms with Crippen LogP contribution < -0.4 is 10.5 Å². The van der Waals surface area contributed by atoms with Gasteiger partial charge in [0.25, 0.3) is 0 Å². The lowest BCUT2D eigenvalue weighted by Crippen LogP contribution is -2.21. The number of ether oxygens (including phenoxy) is 2. The first-order chi connectivity index (χ1) is 8.72. The fourth-order valence-corrected chi connectivity index (χ4v) is 2.30. The molecule has 0 heterocycles. The van der Waals surface area contributed by atoms with Crippen LogP contribution in [0.5, 0.6) is 5.75 Å². The van der Waals surface area contributed by atoms with Crippen molar-refractivity contribution in [1.29, 1.82) is 0 Å². The minimum atomic E-state index is -0.349. The van der Waals surface area contributed by atoms with Gasteiger partial charge in [0.1, 0.15) is 11.9 Å². The lowest BCUT2D eigenvalue weighted by molar-refractivity contribution is 0.0212. The molecular weight excluding hydrogens is 230 g/mol. The average molecular weight is 249 g/mol. The minimum absolute atomic E-state index is 0.0388. The van der Waals surface area contributed by atoms with E-state index in [4.69, 9.17) is 15.2 Å². The quantitative estimate of drug-likeness (QED) is 0.661. The third-order valence-corrected chi connectivity index (χ3v) is 3.33. The lowest BCUT2D eigenvalue weighted by Gasteiger charge is -2.22. The molecule has 1 fully saturated rings. The first kappa shape index (κ1) is 12.7. The highest BCUT2D eigenvalue weighted by atomic mass is 16.5. The van der Waals surface area contributed by atoms with E-state index in [9.17, 15) is 4.79 Å². The second kappa shape index (κ2) is 5.76. The first-order valence-corrected chi connectivity index (χ1v) is 6.36. The van der Waals surface area contributed by atoms with E-state index in [1.54, 1.807) is 18.2 Å². The first-order valence-electron chi connectivity index (χ1n) is 6.36. The predicted octanol–water partition coefficient (Wildman–Crippen LogP) is 2.77. The molecule has 1 aliphatic rings. The number of para-hydroxylation sites is 1. The van der Waals surface area contributed by atoms with Crippen LogP contribution in [-0.4, -0.2) is 19.2 Å². The smallest absolute Gasteiger partial charge is 0.340 e. The molecule has 0 amide bonds. The molecule has 0 aromatic heterocycles. The Hall–Kier alpha value is -1.71. The Morgan fingerprint density at radius 2 is 2.00 bits per heavy atom. The molecule has 2 rings (SSSR count). The van der Waals surface area contributed by atoms with E-state index >= 15 is 0 Å². The maximum absolute atomic E-state index is 12.0. The molecule has 0 radical (unpaired) electrons. The van der Waals surface area contributed by atoms with Gasteiger partial charge in [0.05, 0.1) is 18.4 Å². The van der Waals surface area contributed by atoms with Crippen LogP contribution >= 0.6 is 0 Å². The van der Waals surface area contributed by atoms with E-state index in [0.29, 0.717) is 17.0 Å². The molecule has 98 valence electrons. The van der Waals surface area contributed by atoms with Crippen LogP contribution in [0, 0.1) is 0 Å². The third kappa shape index (κ3) is 2.75. The largest absolute Gasteiger partial charge is 0.495 e. The van der Waals surface area contributed by atoms with Crippen LogP contribution in [0.15, 0.2) is 18.2 Å². The Kier molecular flexibility index (Phi) is 4.07. The summed E-state index contributed by atoms with van der Waals surface area (Å²) >= 11 is 0. The fraction of sp³-hybridized carbons (Fsp3) is 0.500. The van der Waals surface area contributed by atoms with Gasteiger partial charge in [0.15, 0.2) is 0 Å². The highest BCUT2D eigenvalue weighted by Crippen LogP contribution is 2.27. The van der Waals surface area contributed by atoms with E-state index in [2.05, 4.69) is 0 Å². The number of esters is 1. The summed E-state index contributed by atoms with van der Waals surface area (Å²) in [4.78, 5) is 12.0. The molecule has 1 aromatic carbocycles. The number of benzene rings is 1. The van der Waals surface area contributed by atoms with Crippen LogP contribution in [0.2, 0.25) is 0 Å². The van der Waals surface area contributed by atoms with Crippen molar-refractivity contribution in [3.63, 3.8) is 0 Å². The number of anilines is 1. The average Bonchev–Trinajstić information content (AvgIpc) is 2.40. The van der Waals surface area contributed by atoms with Gasteiger partial charge in [-0.25, -0.2) is 4.79 Å². The van der Waals surface area contributed by atoms with Crippen LogP contribution in [0.25, 0.3) is 0 Å². The highest BCUT2D eigenvalue weighted by Gasteiger charge is 2.21. The van der Waals surface area contributed by atoms with Gasteiger partial charge in [0.2, 0.25) is 0 Å². The van der Waals surface area contributed by atoms with Crippen LogP contribution in [0.4, 0.5) is 5.69 Å². The summed E-state index contributed by atoms with van der Waals surface area (Å²) in [5, 5.41) is 0. The zero-order valence-electron chi connectivity index (χ0n) is 10.6. The summed E-state index contributed by atoms with van der Waals surface area (Å²) in [7, 11) is 1.53. The molecule has 0 unspecified atom stereocenters. The zero-order valence-corrected chi connectivity index (χ0v) is 10.6. The monoisotopic (exact) mass is 249 g/mol. The molecule has 18 heavy (non-hydrogen) atoms. The predicted molar refractivity (Wildman–Crippen MR) is 69.7 cm³/mol. The minimum Gasteiger partial charge on any atom is -0.495 e. The van der Waals surface area contributed by atoms with Crippen molar-refractivity contribution in [3.05, 3.63) is 23.8 Å². The van der Waals surface area contributed by atoms with E-state index in [0.717, 1.165) is 25.7 Å². The molecule has 1 saturated carbocycles. The molecule has 0 saturated heterocycles. The van der Waals surface area contributed by atoms with Gasteiger partial charge >= 0.3 is 5.97 Å². The van der Waals surface area contributed by atoms with Gasteiger partial charge in [-0.15, -0.1) is 0 Å². The second-order valence-electron chi connectivity index (χ2n) is 4.59. The number of hydrogen-bond acceptors (Lipinski definition) is 4. The molecular formula is C14H19NO3. The number of rotatable bonds is 3. The van der Waals surface area contributed by atoms with Crippen LogP contribution in [-0.2, 0) is 4.74 Å². The third-order valence-electron chi connectivity index (χ3n) is 3.33. The summed E-state index contributed by atoms with van der Waals surface area (Å²) in [6, 6.07) is 5.14. The molecule has 0 spiro atoms. The Bertz CT molecular complexity index is 425. The van der Waals surface area contributed by atoms with Gasteiger partial charge in [-0.3, -0.25) is 0 Å². The zero-order chi connectivity index (χ0) is 13.0. The standard InChI is InChI=1S/C14H19NO3/c1-17-12-9-5-8-11(13(12)15)14(16)18-10-6-3-2-4-7-10/h5,8-10H,2-4,6-7,15H2,1H3. The molecule has 1 aliphatic carbocycles. The molecule has 4 nitrogen and oxygen atoms in total. The Morgan fingerprint density at radius 1 is 1.28 bits per heavy atom. The van der Waals surface area contributed by atoms with Crippen molar-refractivity contribution in [2.75, 3.05) is 12.8 Å². The number of carbonyl (C=O) groups excluding carboxylic acids is 1. The highest BCUT2D eigenvalue weighted by molar-refractivity contribution is 5.96. The summed E-state index contributed by atoms with van der Waals surface area (Å²) in [6.45, 7) is 0. The topological polar surface area (TPSA) is 61.5 Å². The van der Waals surface area contributed by atoms with Crippen LogP contribution in [0.3, 0.4) is 0 Å². The Morgan fingerprint density at radius 3 is 2.67 bits per heavy atom. The van der Waals surface area contributed by atoms with Crippen molar-refractivity contribution >= 4 is 11.7 Å². The van der Waals surface area contributed by atoms with E-state index in [1.165, 1.54) is 13.5 Å². The van der Waals surface area contributed by atoms with Gasteiger partial charge < -0.3 is 15.2 Å². The number of nitrogen functional groups attached to an aromatic ring is 1. The number of carbonyl (C=O) groups is 1. The molecule has 0 aliphatic heterocycles. The maximum Gasteiger partial charge on any atom is 0.340 e. The molecule has 0 bridgehead atoms. The van der Waals surface area contributed by atoms with Crippen molar-refractivity contribution < 1.29 is 14.3 Å². The van der Waals surface area contributed by atoms with Gasteiger partial charge in [0, 0.05) is 0 Å². The van der Waals surface area contributed by atoms with E-state index in [-0.39, 0.29) is 12.1 Å². The van der Waals surface area contributed by atoms with Gasteiger partial charge in [-0.1, -0.05) is 12.5 Å². The van der Waals surface area contributed by atoms with E-state index in [1.807, 2.05) is 0 Å². The van der Waals surface area contributed by atoms with Gasteiger partial charge in [-0.05, 0) is 37.8 Å². The van der Waals surface area contributed by atoms with Crippen molar-refractivity contribution in [1.82, 2.24) is 0 Å². The SMILES string of the molecule is COc1cccc(C(=O)OC2CCCCC2)c1N. The summed E-state index contributed by atoms with van der Waals surface area (Å²) < 4.78 is 10.6. The Labute approximate surface area is 107 Å². The Balaban J connectivity index is 2.08. The van der Waals surface area contributed by atoms with E-state index < -0.39 is 0 Å². The van der Waals surface area contributed by atoms with Crippen molar-refractivity contribution in [2.45, 2.75) is 38.2 Å². The molecule has 0 atom stereocenters. The molecule has 4 heteroatoms. The number of methoxy groups -OCH3 is 1. The summed E-state index contributed by atoms with van der Waals surface area (Å²) in [5.74, 6) is 0.159. The van der Waals surface area contributed by atoms with Crippen molar-refractivity contribution in [3.8, 4) is 5.75 Å². The van der Waals surface area contributed by atoms with Crippen molar-refractivity contribution in [2.24, 2.45) is 0 Å². The second-order valence-corrected chi connectivity index (χ2v) is 4.59.